The molecule has 1 N–H and O–H groups in total. The molecule has 2 aromatic heterocycles. The van der Waals surface area contributed by atoms with Crippen LogP contribution < -0.4 is 5.32 Å². The molecule has 0 aliphatic heterocycles. The molecule has 0 saturated carbocycles. The van der Waals surface area contributed by atoms with Gasteiger partial charge in [0.25, 0.3) is 0 Å². The van der Waals surface area contributed by atoms with Gasteiger partial charge in [0.2, 0.25) is 0 Å². The van der Waals surface area contributed by atoms with Gasteiger partial charge in [0, 0.05) is 37.6 Å². The highest BCUT2D eigenvalue weighted by atomic mass is 15.2. The quantitative estimate of drug-likeness (QED) is 0.825. The van der Waals surface area contributed by atoms with Crippen LogP contribution in [-0.2, 0) is 19.9 Å². The molecule has 102 valence electrons. The van der Waals surface area contributed by atoms with E-state index >= 15 is 0 Å². The van der Waals surface area contributed by atoms with Crippen molar-refractivity contribution in [2.24, 2.45) is 7.05 Å². The Bertz CT molecular complexity index is 478. The zero-order valence-corrected chi connectivity index (χ0v) is 11.7. The van der Waals surface area contributed by atoms with Gasteiger partial charge in [0.1, 0.15) is 0 Å². The van der Waals surface area contributed by atoms with Crippen molar-refractivity contribution in [1.29, 1.82) is 0 Å². The van der Waals surface area contributed by atoms with Crippen LogP contribution in [0.3, 0.4) is 0 Å². The van der Waals surface area contributed by atoms with Gasteiger partial charge in [-0.05, 0) is 37.1 Å². The highest BCUT2D eigenvalue weighted by Crippen LogP contribution is 2.08. The lowest BCUT2D eigenvalue weighted by Gasteiger charge is -2.17. The highest BCUT2D eigenvalue weighted by Gasteiger charge is 2.10. The van der Waals surface area contributed by atoms with Crippen molar-refractivity contribution < 1.29 is 0 Å². The van der Waals surface area contributed by atoms with Gasteiger partial charge in [-0.2, -0.15) is 5.10 Å². The summed E-state index contributed by atoms with van der Waals surface area (Å²) in [5, 5.41) is 7.75. The number of hydrogen-bond acceptors (Lipinski definition) is 3. The minimum Gasteiger partial charge on any atom is -0.314 e. The molecule has 2 aromatic rings. The summed E-state index contributed by atoms with van der Waals surface area (Å²) in [7, 11) is 1.96. The zero-order chi connectivity index (χ0) is 13.5. The second-order valence-corrected chi connectivity index (χ2v) is 4.84. The molecule has 1 unspecified atom stereocenters. The molecule has 0 saturated heterocycles. The Morgan fingerprint density at radius 2 is 2.26 bits per heavy atom. The van der Waals surface area contributed by atoms with Crippen molar-refractivity contribution in [2.75, 3.05) is 6.54 Å². The average molecular weight is 258 g/mol. The predicted molar refractivity (Wildman–Crippen MR) is 76.9 cm³/mol. The van der Waals surface area contributed by atoms with Gasteiger partial charge in [0.15, 0.2) is 0 Å². The van der Waals surface area contributed by atoms with Crippen LogP contribution >= 0.6 is 0 Å². The fraction of sp³-hybridized carbons (Fsp3) is 0.467. The lowest BCUT2D eigenvalue weighted by molar-refractivity contribution is 0.487. The molecule has 0 fully saturated rings. The third kappa shape index (κ3) is 4.48. The maximum absolute atomic E-state index is 4.40. The van der Waals surface area contributed by atoms with Gasteiger partial charge in [-0.15, -0.1) is 0 Å². The van der Waals surface area contributed by atoms with Crippen LogP contribution in [0.15, 0.2) is 36.8 Å². The molecule has 2 rings (SSSR count). The zero-order valence-electron chi connectivity index (χ0n) is 11.7. The maximum Gasteiger partial charge on any atom is 0.0521 e. The molecule has 0 spiro atoms. The molecule has 0 aliphatic carbocycles. The molecule has 4 nitrogen and oxygen atoms in total. The first-order valence-corrected chi connectivity index (χ1v) is 6.88. The molecule has 0 bridgehead atoms. The largest absolute Gasteiger partial charge is 0.314 e. The van der Waals surface area contributed by atoms with E-state index in [-0.39, 0.29) is 0 Å². The van der Waals surface area contributed by atoms with Gasteiger partial charge < -0.3 is 5.32 Å². The van der Waals surface area contributed by atoms with Gasteiger partial charge in [-0.1, -0.05) is 13.0 Å². The molecule has 0 aliphatic rings. The van der Waals surface area contributed by atoms with Crippen molar-refractivity contribution in [3.05, 3.63) is 48.0 Å². The maximum atomic E-state index is 4.40. The van der Waals surface area contributed by atoms with Gasteiger partial charge >= 0.3 is 0 Å². The normalized spacial score (nSPS) is 12.5. The Hall–Kier alpha value is -1.68. The highest BCUT2D eigenvalue weighted by molar-refractivity contribution is 5.07. The molecule has 0 amide bonds. The summed E-state index contributed by atoms with van der Waals surface area (Å²) in [6.45, 7) is 3.14. The Morgan fingerprint density at radius 3 is 2.89 bits per heavy atom. The minimum atomic E-state index is 0.472. The summed E-state index contributed by atoms with van der Waals surface area (Å²) in [6, 6.07) is 6.57. The second kappa shape index (κ2) is 7.04. The molecule has 19 heavy (non-hydrogen) atoms. The lowest BCUT2D eigenvalue weighted by Crippen LogP contribution is -2.31. The van der Waals surface area contributed by atoms with Gasteiger partial charge in [0.05, 0.1) is 6.20 Å². The number of rotatable bonds is 7. The van der Waals surface area contributed by atoms with Crippen molar-refractivity contribution in [2.45, 2.75) is 32.2 Å². The van der Waals surface area contributed by atoms with E-state index < -0.39 is 0 Å². The molecule has 2 heterocycles. The summed E-state index contributed by atoms with van der Waals surface area (Å²) >= 11 is 0. The monoisotopic (exact) mass is 258 g/mol. The van der Waals surface area contributed by atoms with Gasteiger partial charge in [-0.3, -0.25) is 9.67 Å². The number of aromatic nitrogens is 3. The second-order valence-electron chi connectivity index (χ2n) is 4.84. The molecule has 0 radical (unpaired) electrons. The standard InChI is InChI=1S/C15H22N4/c1-3-16-15(10-14-6-4-5-9-17-14)8-7-13-11-18-19(2)12-13/h4-6,9,11-12,15-16H,3,7-8,10H2,1-2H3. The van der Waals surface area contributed by atoms with Crippen molar-refractivity contribution >= 4 is 0 Å². The minimum absolute atomic E-state index is 0.472. The fourth-order valence-corrected chi connectivity index (χ4v) is 2.28. The Kier molecular flexibility index (Phi) is 5.10. The van der Waals surface area contributed by atoms with Crippen LogP contribution in [0, 0.1) is 0 Å². The topological polar surface area (TPSA) is 42.7 Å². The first kappa shape index (κ1) is 13.7. The predicted octanol–water partition coefficient (Wildman–Crippen LogP) is 1.97. The van der Waals surface area contributed by atoms with E-state index in [1.54, 1.807) is 0 Å². The Labute approximate surface area is 114 Å². The third-order valence-corrected chi connectivity index (χ3v) is 3.21. The lowest BCUT2D eigenvalue weighted by atomic mass is 10.0. The number of hydrogen-bond donors (Lipinski definition) is 1. The van der Waals surface area contributed by atoms with Crippen molar-refractivity contribution in [3.63, 3.8) is 0 Å². The van der Waals surface area contributed by atoms with E-state index in [9.17, 15) is 0 Å². The van der Waals surface area contributed by atoms with E-state index in [1.807, 2.05) is 36.3 Å². The van der Waals surface area contributed by atoms with Crippen molar-refractivity contribution in [1.82, 2.24) is 20.1 Å². The number of nitrogens with zero attached hydrogens (tertiary/aromatic N) is 3. The Morgan fingerprint density at radius 1 is 1.37 bits per heavy atom. The number of nitrogens with one attached hydrogen (secondary N) is 1. The van der Waals surface area contributed by atoms with Crippen LogP contribution in [0.2, 0.25) is 0 Å². The number of pyridine rings is 1. The van der Waals surface area contributed by atoms with E-state index in [1.165, 1.54) is 5.56 Å². The van der Waals surface area contributed by atoms with Crippen LogP contribution in [-0.4, -0.2) is 27.4 Å². The number of likely N-dealkylation sites (N-methyl/N-ethyl adjacent to an activating group) is 1. The summed E-state index contributed by atoms with van der Waals surface area (Å²) in [5.74, 6) is 0. The summed E-state index contributed by atoms with van der Waals surface area (Å²) < 4.78 is 1.86. The third-order valence-electron chi connectivity index (χ3n) is 3.21. The number of aryl methyl sites for hydroxylation is 2. The first-order valence-electron chi connectivity index (χ1n) is 6.88. The molecule has 0 aromatic carbocycles. The molecular weight excluding hydrogens is 236 g/mol. The van der Waals surface area contributed by atoms with Crippen LogP contribution in [0.25, 0.3) is 0 Å². The van der Waals surface area contributed by atoms with Crippen LogP contribution in [0.1, 0.15) is 24.6 Å². The average Bonchev–Trinajstić information content (AvgIpc) is 2.83. The van der Waals surface area contributed by atoms with E-state index in [2.05, 4.69) is 34.6 Å². The molecule has 1 atom stereocenters. The summed E-state index contributed by atoms with van der Waals surface area (Å²) in [4.78, 5) is 4.40. The van der Waals surface area contributed by atoms with E-state index in [0.717, 1.165) is 31.5 Å². The van der Waals surface area contributed by atoms with Crippen molar-refractivity contribution in [3.8, 4) is 0 Å². The van der Waals surface area contributed by atoms with E-state index in [0.29, 0.717) is 6.04 Å². The molecular formula is C15H22N4. The Balaban J connectivity index is 1.89. The first-order chi connectivity index (χ1) is 9.28. The molecule has 4 heteroatoms. The summed E-state index contributed by atoms with van der Waals surface area (Å²) in [6.07, 6.45) is 9.04. The fourth-order valence-electron chi connectivity index (χ4n) is 2.28. The van der Waals surface area contributed by atoms with Crippen LogP contribution in [0.4, 0.5) is 0 Å². The smallest absolute Gasteiger partial charge is 0.0521 e. The van der Waals surface area contributed by atoms with Gasteiger partial charge in [-0.25, -0.2) is 0 Å². The summed E-state index contributed by atoms with van der Waals surface area (Å²) in [5.41, 5.74) is 2.45. The SMILES string of the molecule is CCNC(CCc1cnn(C)c1)Cc1ccccn1. The van der Waals surface area contributed by atoms with Crippen LogP contribution in [0.5, 0.6) is 0 Å². The van der Waals surface area contributed by atoms with E-state index in [4.69, 9.17) is 0 Å².